The van der Waals surface area contributed by atoms with E-state index in [-0.39, 0.29) is 24.0 Å². The molecule has 0 bridgehead atoms. The maximum Gasteiger partial charge on any atom is 0.328 e. The summed E-state index contributed by atoms with van der Waals surface area (Å²) in [5.41, 5.74) is 6.24. The largest absolute Gasteiger partial charge is 0.378 e. The van der Waals surface area contributed by atoms with Crippen LogP contribution in [0.2, 0.25) is 5.02 Å². The van der Waals surface area contributed by atoms with E-state index in [0.717, 1.165) is 46.5 Å². The fourth-order valence-corrected chi connectivity index (χ4v) is 5.67. The van der Waals surface area contributed by atoms with E-state index in [1.807, 2.05) is 38.2 Å². The van der Waals surface area contributed by atoms with E-state index in [4.69, 9.17) is 11.6 Å². The van der Waals surface area contributed by atoms with Crippen LogP contribution in [0.4, 0.5) is 4.79 Å². The van der Waals surface area contributed by atoms with Gasteiger partial charge in [-0.2, -0.15) is 0 Å². The molecule has 3 aromatic rings. The molecule has 3 aliphatic rings. The number of amides is 3. The van der Waals surface area contributed by atoms with Crippen LogP contribution in [0.1, 0.15) is 42.3 Å². The van der Waals surface area contributed by atoms with Crippen molar-refractivity contribution in [1.82, 2.24) is 25.4 Å². The van der Waals surface area contributed by atoms with Crippen molar-refractivity contribution in [3.63, 3.8) is 0 Å². The number of H-pyrrole nitrogens is 1. The van der Waals surface area contributed by atoms with Gasteiger partial charge in [0.25, 0.3) is 5.91 Å². The third-order valence-corrected chi connectivity index (χ3v) is 7.30. The average molecular weight is 476 g/mol. The molecule has 1 saturated heterocycles. The molecule has 2 atom stereocenters. The minimum absolute atomic E-state index is 0.131. The highest BCUT2D eigenvalue weighted by molar-refractivity contribution is 6.31. The zero-order chi connectivity index (χ0) is 23.6. The number of hydrogen-bond acceptors (Lipinski definition) is 4. The molecule has 1 aromatic heterocycles. The van der Waals surface area contributed by atoms with Gasteiger partial charge in [-0.3, -0.25) is 19.9 Å². The van der Waals surface area contributed by atoms with Crippen LogP contribution in [0.5, 0.6) is 0 Å². The Kier molecular flexibility index (Phi) is 4.93. The monoisotopic (exact) mass is 475 g/mol. The van der Waals surface area contributed by atoms with Gasteiger partial charge in [0.05, 0.1) is 6.67 Å². The number of fused-ring (bicyclic) bond motifs is 4. The van der Waals surface area contributed by atoms with Crippen LogP contribution in [0.3, 0.4) is 0 Å². The second-order valence-electron chi connectivity index (χ2n) is 9.42. The highest BCUT2D eigenvalue weighted by Gasteiger charge is 2.53. The predicted octanol–water partition coefficient (Wildman–Crippen LogP) is 4.00. The Bertz CT molecular complexity index is 1340. The van der Waals surface area contributed by atoms with Crippen molar-refractivity contribution < 1.29 is 9.59 Å². The second kappa shape index (κ2) is 7.89. The van der Waals surface area contributed by atoms with Gasteiger partial charge >= 0.3 is 6.03 Å². The molecule has 0 aliphatic carbocycles. The Labute approximate surface area is 202 Å². The zero-order valence-electron chi connectivity index (χ0n) is 19.1. The highest BCUT2D eigenvalue weighted by atomic mass is 35.5. The van der Waals surface area contributed by atoms with Crippen LogP contribution in [0.15, 0.2) is 48.7 Å². The topological polar surface area (TPSA) is 80.5 Å². The quantitative estimate of drug-likeness (QED) is 0.500. The number of aromatic amines is 1. The minimum atomic E-state index is -0.528. The SMILES string of the molecule is CC(C)N1C(=O)C2Cc3c([nH]c4ccc(Cl)cc34)C(c3ccc(C4=CNCNC4)cc3)N2C1=O. The second-order valence-corrected chi connectivity index (χ2v) is 9.86. The summed E-state index contributed by atoms with van der Waals surface area (Å²) in [6.45, 7) is 5.32. The molecule has 0 radical (unpaired) electrons. The molecule has 2 aromatic carbocycles. The summed E-state index contributed by atoms with van der Waals surface area (Å²) >= 11 is 6.32. The molecule has 3 N–H and O–H groups in total. The third-order valence-electron chi connectivity index (χ3n) is 7.07. The average Bonchev–Trinajstić information content (AvgIpc) is 3.32. The first-order valence-electron chi connectivity index (χ1n) is 11.6. The van der Waals surface area contributed by atoms with E-state index < -0.39 is 6.04 Å². The molecule has 1 fully saturated rings. The number of carbonyl (C=O) groups is 2. The Morgan fingerprint density at radius 3 is 2.59 bits per heavy atom. The number of nitrogens with zero attached hydrogens (tertiary/aromatic N) is 2. The fourth-order valence-electron chi connectivity index (χ4n) is 5.50. The van der Waals surface area contributed by atoms with Crippen LogP contribution in [-0.2, 0) is 11.2 Å². The molecule has 8 heteroatoms. The van der Waals surface area contributed by atoms with Gasteiger partial charge in [-0.15, -0.1) is 0 Å². The van der Waals surface area contributed by atoms with Crippen molar-refractivity contribution in [3.05, 3.63) is 76.1 Å². The molecular weight excluding hydrogens is 450 g/mol. The van der Waals surface area contributed by atoms with E-state index in [0.29, 0.717) is 11.4 Å². The lowest BCUT2D eigenvalue weighted by atomic mass is 9.88. The molecule has 0 saturated carbocycles. The molecule has 6 rings (SSSR count). The fraction of sp³-hybridized carbons (Fsp3) is 0.308. The maximum absolute atomic E-state index is 13.5. The van der Waals surface area contributed by atoms with E-state index >= 15 is 0 Å². The van der Waals surface area contributed by atoms with Crippen LogP contribution < -0.4 is 10.6 Å². The molecule has 34 heavy (non-hydrogen) atoms. The summed E-state index contributed by atoms with van der Waals surface area (Å²) in [4.78, 5) is 33.6. The van der Waals surface area contributed by atoms with E-state index in [1.165, 1.54) is 10.5 Å². The maximum atomic E-state index is 13.5. The van der Waals surface area contributed by atoms with Crippen molar-refractivity contribution in [1.29, 1.82) is 0 Å². The molecule has 7 nitrogen and oxygen atoms in total. The lowest BCUT2D eigenvalue weighted by molar-refractivity contribution is -0.129. The highest BCUT2D eigenvalue weighted by Crippen LogP contribution is 2.44. The molecule has 174 valence electrons. The molecule has 0 spiro atoms. The summed E-state index contributed by atoms with van der Waals surface area (Å²) < 4.78 is 0. The standard InChI is InChI=1S/C26H26ClN5O2/c1-14(2)31-25(33)22-10-20-19-9-18(27)7-8-21(19)30-23(20)24(32(22)26(31)34)16-5-3-15(4-6-16)17-11-28-13-29-12-17/h3-9,11,14,22,24,28-30H,10,12-13H2,1-2H3. The van der Waals surface area contributed by atoms with Crippen LogP contribution in [-0.4, -0.2) is 52.0 Å². The number of nitrogens with one attached hydrogen (secondary N) is 3. The van der Waals surface area contributed by atoms with Crippen molar-refractivity contribution in [2.24, 2.45) is 0 Å². The van der Waals surface area contributed by atoms with Crippen LogP contribution in [0, 0.1) is 0 Å². The molecular formula is C26H26ClN5O2. The summed E-state index contributed by atoms with van der Waals surface area (Å²) in [7, 11) is 0. The first-order valence-corrected chi connectivity index (χ1v) is 12.0. The Morgan fingerprint density at radius 2 is 1.88 bits per heavy atom. The van der Waals surface area contributed by atoms with E-state index in [2.05, 4.69) is 39.9 Å². The molecule has 2 unspecified atom stereocenters. The Balaban J connectivity index is 1.50. The number of hydrogen-bond donors (Lipinski definition) is 3. The van der Waals surface area contributed by atoms with Gasteiger partial charge in [-0.25, -0.2) is 4.79 Å². The van der Waals surface area contributed by atoms with E-state index in [9.17, 15) is 9.59 Å². The zero-order valence-corrected chi connectivity index (χ0v) is 19.8. The number of benzene rings is 2. The molecule has 4 heterocycles. The number of halogens is 1. The first-order chi connectivity index (χ1) is 16.4. The Hall–Kier alpha value is -3.29. The van der Waals surface area contributed by atoms with Crippen LogP contribution >= 0.6 is 11.6 Å². The molecule has 3 aliphatic heterocycles. The number of rotatable bonds is 3. The summed E-state index contributed by atoms with van der Waals surface area (Å²) in [6.07, 6.45) is 2.51. The third kappa shape index (κ3) is 3.15. The van der Waals surface area contributed by atoms with E-state index in [1.54, 1.807) is 4.90 Å². The number of urea groups is 1. The van der Waals surface area contributed by atoms with Gasteiger partial charge in [-0.05, 0) is 54.3 Å². The first kappa shape index (κ1) is 21.3. The van der Waals surface area contributed by atoms with Gasteiger partial charge in [0.1, 0.15) is 12.1 Å². The van der Waals surface area contributed by atoms with Crippen molar-refractivity contribution in [2.75, 3.05) is 13.2 Å². The van der Waals surface area contributed by atoms with Crippen molar-refractivity contribution in [3.8, 4) is 0 Å². The van der Waals surface area contributed by atoms with Crippen LogP contribution in [0.25, 0.3) is 16.5 Å². The Morgan fingerprint density at radius 1 is 1.09 bits per heavy atom. The predicted molar refractivity (Wildman–Crippen MR) is 132 cm³/mol. The lowest BCUT2D eigenvalue weighted by Gasteiger charge is -2.36. The lowest BCUT2D eigenvalue weighted by Crippen LogP contribution is -2.44. The summed E-state index contributed by atoms with van der Waals surface area (Å²) in [5, 5.41) is 8.19. The number of carbonyl (C=O) groups excluding carboxylic acids is 2. The number of aromatic nitrogens is 1. The van der Waals surface area contributed by atoms with Gasteiger partial charge in [-0.1, -0.05) is 35.9 Å². The number of imide groups is 1. The normalized spacial score (nSPS) is 22.2. The van der Waals surface area contributed by atoms with Gasteiger partial charge in [0, 0.05) is 46.8 Å². The smallest absolute Gasteiger partial charge is 0.328 e. The van der Waals surface area contributed by atoms with Gasteiger partial charge < -0.3 is 10.3 Å². The van der Waals surface area contributed by atoms with Gasteiger partial charge in [0.15, 0.2) is 0 Å². The summed E-state index contributed by atoms with van der Waals surface area (Å²) in [5.74, 6) is -0.131. The minimum Gasteiger partial charge on any atom is -0.378 e. The van der Waals surface area contributed by atoms with Gasteiger partial charge in [0.2, 0.25) is 0 Å². The molecule has 3 amide bonds. The van der Waals surface area contributed by atoms with Crippen molar-refractivity contribution >= 4 is 40.0 Å². The summed E-state index contributed by atoms with van der Waals surface area (Å²) in [6, 6.07) is 12.7. The van der Waals surface area contributed by atoms with Crippen molar-refractivity contribution in [2.45, 2.75) is 38.4 Å².